The molecule has 1 unspecified atom stereocenters. The number of hydrogen-bond acceptors (Lipinski definition) is 2. The normalized spacial score (nSPS) is 14.4. The van der Waals surface area contributed by atoms with E-state index in [1.54, 1.807) is 0 Å². The minimum Gasteiger partial charge on any atom is -0.483 e. The molecule has 17 heavy (non-hydrogen) atoms. The number of benzene rings is 1. The molecule has 2 nitrogen and oxygen atoms in total. The van der Waals surface area contributed by atoms with Gasteiger partial charge in [-0.2, -0.15) is 4.39 Å². The molecule has 0 aliphatic rings. The summed E-state index contributed by atoms with van der Waals surface area (Å²) in [6, 6.07) is 3.96. The first-order valence-electron chi connectivity index (χ1n) is 5.86. The molecule has 0 spiro atoms. The molecule has 0 radical (unpaired) electrons. The van der Waals surface area contributed by atoms with E-state index < -0.39 is 17.2 Å². The summed E-state index contributed by atoms with van der Waals surface area (Å²) in [5.74, 6) is -1.85. The lowest BCUT2D eigenvalue weighted by atomic mass is 10.0. The van der Waals surface area contributed by atoms with E-state index in [1.807, 2.05) is 20.8 Å². The molecule has 0 aliphatic carbocycles. The highest BCUT2D eigenvalue weighted by molar-refractivity contribution is 5.25. The highest BCUT2D eigenvalue weighted by atomic mass is 19.2. The van der Waals surface area contributed by atoms with Gasteiger partial charge in [0.2, 0.25) is 5.82 Å². The summed E-state index contributed by atoms with van der Waals surface area (Å²) in [7, 11) is 0. The van der Waals surface area contributed by atoms with E-state index in [1.165, 1.54) is 12.1 Å². The van der Waals surface area contributed by atoms with Gasteiger partial charge < -0.3 is 10.1 Å². The molecule has 1 aromatic carbocycles. The minimum atomic E-state index is -0.927. The maximum Gasteiger partial charge on any atom is 0.200 e. The molecule has 0 aliphatic heterocycles. The van der Waals surface area contributed by atoms with E-state index in [-0.39, 0.29) is 5.75 Å². The zero-order valence-electron chi connectivity index (χ0n) is 10.5. The van der Waals surface area contributed by atoms with Crippen LogP contribution >= 0.6 is 0 Å². The van der Waals surface area contributed by atoms with Gasteiger partial charge in [-0.1, -0.05) is 19.9 Å². The lowest BCUT2D eigenvalue weighted by Gasteiger charge is -2.30. The molecule has 1 rings (SSSR count). The monoisotopic (exact) mass is 243 g/mol. The first-order chi connectivity index (χ1) is 8.02. The van der Waals surface area contributed by atoms with Gasteiger partial charge >= 0.3 is 0 Å². The summed E-state index contributed by atoms with van der Waals surface area (Å²) in [6.45, 7) is 7.22. The summed E-state index contributed by atoms with van der Waals surface area (Å²) in [5.41, 5.74) is -0.537. The average Bonchev–Trinajstić information content (AvgIpc) is 2.33. The molecule has 0 saturated carbocycles. The van der Waals surface area contributed by atoms with Crippen molar-refractivity contribution < 1.29 is 13.5 Å². The third kappa shape index (κ3) is 3.66. The second-order valence-corrected chi connectivity index (χ2v) is 4.24. The van der Waals surface area contributed by atoms with E-state index in [2.05, 4.69) is 5.32 Å². The van der Waals surface area contributed by atoms with Gasteiger partial charge in [0.05, 0.1) is 0 Å². The van der Waals surface area contributed by atoms with E-state index in [4.69, 9.17) is 4.74 Å². The summed E-state index contributed by atoms with van der Waals surface area (Å²) in [6.07, 6.45) is 0.704. The van der Waals surface area contributed by atoms with Gasteiger partial charge in [-0.3, -0.25) is 0 Å². The molecule has 1 N–H and O–H groups in total. The quantitative estimate of drug-likeness (QED) is 0.828. The van der Waals surface area contributed by atoms with Gasteiger partial charge in [-0.05, 0) is 32.0 Å². The van der Waals surface area contributed by atoms with Crippen LogP contribution in [0.25, 0.3) is 0 Å². The van der Waals surface area contributed by atoms with Crippen molar-refractivity contribution in [3.8, 4) is 5.75 Å². The molecule has 1 aromatic rings. The first kappa shape index (κ1) is 13.9. The fourth-order valence-corrected chi connectivity index (χ4v) is 1.45. The molecule has 0 bridgehead atoms. The summed E-state index contributed by atoms with van der Waals surface area (Å²) in [5, 5.41) is 3.15. The van der Waals surface area contributed by atoms with Crippen molar-refractivity contribution in [2.24, 2.45) is 0 Å². The molecule has 1 atom stereocenters. The van der Waals surface area contributed by atoms with Crippen molar-refractivity contribution in [2.45, 2.75) is 32.8 Å². The summed E-state index contributed by atoms with van der Waals surface area (Å²) in [4.78, 5) is 0. The second-order valence-electron chi connectivity index (χ2n) is 4.24. The fourth-order valence-electron chi connectivity index (χ4n) is 1.45. The van der Waals surface area contributed by atoms with Crippen LogP contribution < -0.4 is 10.1 Å². The number of ether oxygens (including phenoxy) is 1. The Labute approximate surface area is 101 Å². The van der Waals surface area contributed by atoms with Crippen LogP contribution in [0.1, 0.15) is 27.2 Å². The highest BCUT2D eigenvalue weighted by Crippen LogP contribution is 2.25. The predicted molar refractivity (Wildman–Crippen MR) is 64.2 cm³/mol. The van der Waals surface area contributed by atoms with E-state index in [0.29, 0.717) is 13.0 Å². The molecule has 4 heteroatoms. The fraction of sp³-hybridized carbons (Fsp3) is 0.538. The van der Waals surface area contributed by atoms with Crippen LogP contribution in [-0.4, -0.2) is 18.7 Å². The molecule has 0 aromatic heterocycles. The standard InChI is InChI=1S/C13H19F2NO/c1-4-13(3,9-16-5-2)17-11-8-6-7-10(14)12(11)15/h6-8,16H,4-5,9H2,1-3H3. The van der Waals surface area contributed by atoms with Gasteiger partial charge in [-0.25, -0.2) is 4.39 Å². The topological polar surface area (TPSA) is 21.3 Å². The van der Waals surface area contributed by atoms with Crippen LogP contribution in [0.3, 0.4) is 0 Å². The summed E-state index contributed by atoms with van der Waals surface area (Å²) < 4.78 is 32.1. The Balaban J connectivity index is 2.83. The third-order valence-corrected chi connectivity index (χ3v) is 2.77. The van der Waals surface area contributed by atoms with Crippen molar-refractivity contribution >= 4 is 0 Å². The Morgan fingerprint density at radius 2 is 2.00 bits per heavy atom. The number of nitrogens with one attached hydrogen (secondary N) is 1. The molecule has 0 fully saturated rings. The zero-order valence-corrected chi connectivity index (χ0v) is 10.5. The number of halogens is 2. The maximum absolute atomic E-state index is 13.5. The van der Waals surface area contributed by atoms with Crippen molar-refractivity contribution in [1.29, 1.82) is 0 Å². The van der Waals surface area contributed by atoms with Gasteiger partial charge in [-0.15, -0.1) is 0 Å². The van der Waals surface area contributed by atoms with Crippen molar-refractivity contribution in [1.82, 2.24) is 5.32 Å². The van der Waals surface area contributed by atoms with Gasteiger partial charge in [0.15, 0.2) is 11.6 Å². The van der Waals surface area contributed by atoms with Crippen molar-refractivity contribution in [2.75, 3.05) is 13.1 Å². The van der Waals surface area contributed by atoms with Crippen LogP contribution in [0.5, 0.6) is 5.75 Å². The lowest BCUT2D eigenvalue weighted by molar-refractivity contribution is 0.0783. The summed E-state index contributed by atoms with van der Waals surface area (Å²) >= 11 is 0. The highest BCUT2D eigenvalue weighted by Gasteiger charge is 2.25. The third-order valence-electron chi connectivity index (χ3n) is 2.77. The molecule has 0 amide bonds. The zero-order chi connectivity index (χ0) is 12.9. The number of likely N-dealkylation sites (N-methyl/N-ethyl adjacent to an activating group) is 1. The van der Waals surface area contributed by atoms with E-state index in [9.17, 15) is 8.78 Å². The Morgan fingerprint density at radius 1 is 1.29 bits per heavy atom. The van der Waals surface area contributed by atoms with Crippen LogP contribution in [0, 0.1) is 11.6 Å². The Kier molecular flexibility index (Phi) is 4.87. The Hall–Kier alpha value is -1.16. The maximum atomic E-state index is 13.5. The van der Waals surface area contributed by atoms with Crippen LogP contribution in [-0.2, 0) is 0 Å². The smallest absolute Gasteiger partial charge is 0.200 e. The SMILES string of the molecule is CCNCC(C)(CC)Oc1cccc(F)c1F. The minimum absolute atomic E-state index is 0.0350. The van der Waals surface area contributed by atoms with E-state index in [0.717, 1.165) is 12.6 Å². The molecule has 0 heterocycles. The average molecular weight is 243 g/mol. The van der Waals surface area contributed by atoms with Gasteiger partial charge in [0.25, 0.3) is 0 Å². The molecular weight excluding hydrogens is 224 g/mol. The second kappa shape index (κ2) is 5.96. The van der Waals surface area contributed by atoms with Crippen LogP contribution in [0.4, 0.5) is 8.78 Å². The van der Waals surface area contributed by atoms with E-state index >= 15 is 0 Å². The van der Waals surface area contributed by atoms with Gasteiger partial charge in [0, 0.05) is 6.54 Å². The molecule has 96 valence electrons. The van der Waals surface area contributed by atoms with Crippen LogP contribution in [0.2, 0.25) is 0 Å². The Bertz CT molecular complexity index is 370. The molecular formula is C13H19F2NO. The van der Waals surface area contributed by atoms with Crippen molar-refractivity contribution in [3.63, 3.8) is 0 Å². The van der Waals surface area contributed by atoms with Crippen LogP contribution in [0.15, 0.2) is 18.2 Å². The lowest BCUT2D eigenvalue weighted by Crippen LogP contribution is -2.42. The number of hydrogen-bond donors (Lipinski definition) is 1. The Morgan fingerprint density at radius 3 is 2.59 bits per heavy atom. The van der Waals surface area contributed by atoms with Crippen molar-refractivity contribution in [3.05, 3.63) is 29.8 Å². The molecule has 0 saturated heterocycles. The first-order valence-corrected chi connectivity index (χ1v) is 5.86. The largest absolute Gasteiger partial charge is 0.483 e. The van der Waals surface area contributed by atoms with Gasteiger partial charge in [0.1, 0.15) is 5.60 Å². The predicted octanol–water partition coefficient (Wildman–Crippen LogP) is 3.12. The number of rotatable bonds is 6.